The summed E-state index contributed by atoms with van der Waals surface area (Å²) in [5, 5.41) is 4.89. The van der Waals surface area contributed by atoms with E-state index in [9.17, 15) is 4.79 Å². The molecule has 0 saturated heterocycles. The van der Waals surface area contributed by atoms with Crippen molar-refractivity contribution in [3.05, 3.63) is 46.2 Å². The van der Waals surface area contributed by atoms with Crippen LogP contribution in [0.3, 0.4) is 0 Å². The Morgan fingerprint density at radius 2 is 2.24 bits per heavy atom. The van der Waals surface area contributed by atoms with Crippen molar-refractivity contribution in [1.82, 2.24) is 0 Å². The SMILES string of the molecule is Cc1ccc(N)cc1NC(=O)C(C)OCCc1cccs1. The van der Waals surface area contributed by atoms with E-state index in [2.05, 4.69) is 11.4 Å². The topological polar surface area (TPSA) is 64.3 Å². The van der Waals surface area contributed by atoms with Gasteiger partial charge < -0.3 is 15.8 Å². The molecular formula is C16H20N2O2S. The van der Waals surface area contributed by atoms with Crippen molar-refractivity contribution in [2.75, 3.05) is 17.7 Å². The van der Waals surface area contributed by atoms with Crippen molar-refractivity contribution in [1.29, 1.82) is 0 Å². The Balaban J connectivity index is 1.83. The van der Waals surface area contributed by atoms with E-state index in [4.69, 9.17) is 10.5 Å². The van der Waals surface area contributed by atoms with E-state index >= 15 is 0 Å². The van der Waals surface area contributed by atoms with Crippen LogP contribution >= 0.6 is 11.3 Å². The van der Waals surface area contributed by atoms with Gasteiger partial charge in [0.15, 0.2) is 0 Å². The highest BCUT2D eigenvalue weighted by Crippen LogP contribution is 2.18. The van der Waals surface area contributed by atoms with E-state index in [0.717, 1.165) is 17.7 Å². The fourth-order valence-corrected chi connectivity index (χ4v) is 2.57. The van der Waals surface area contributed by atoms with E-state index in [1.807, 2.05) is 30.5 Å². The van der Waals surface area contributed by atoms with Crippen LogP contribution in [0.25, 0.3) is 0 Å². The summed E-state index contributed by atoms with van der Waals surface area (Å²) < 4.78 is 5.58. The number of aryl methyl sites for hydroxylation is 1. The van der Waals surface area contributed by atoms with Crippen LogP contribution in [0.5, 0.6) is 0 Å². The average molecular weight is 304 g/mol. The number of nitrogens with one attached hydrogen (secondary N) is 1. The van der Waals surface area contributed by atoms with Crippen molar-refractivity contribution in [3.63, 3.8) is 0 Å². The first-order chi connectivity index (χ1) is 10.1. The molecule has 0 fully saturated rings. The van der Waals surface area contributed by atoms with Crippen molar-refractivity contribution in [2.24, 2.45) is 0 Å². The smallest absolute Gasteiger partial charge is 0.253 e. The van der Waals surface area contributed by atoms with Gasteiger partial charge in [0, 0.05) is 22.7 Å². The third-order valence-electron chi connectivity index (χ3n) is 3.19. The number of amides is 1. The number of carbonyl (C=O) groups is 1. The van der Waals surface area contributed by atoms with Gasteiger partial charge in [-0.1, -0.05) is 12.1 Å². The molecule has 1 aromatic carbocycles. The maximum absolute atomic E-state index is 12.1. The molecule has 1 aromatic heterocycles. The molecule has 21 heavy (non-hydrogen) atoms. The molecule has 0 radical (unpaired) electrons. The van der Waals surface area contributed by atoms with Crippen LogP contribution in [0.4, 0.5) is 11.4 Å². The van der Waals surface area contributed by atoms with Gasteiger partial charge in [-0.2, -0.15) is 0 Å². The second-order valence-corrected chi connectivity index (χ2v) is 5.94. The number of benzene rings is 1. The molecule has 0 aliphatic heterocycles. The van der Waals surface area contributed by atoms with E-state index in [1.165, 1.54) is 4.88 Å². The molecule has 1 amide bonds. The van der Waals surface area contributed by atoms with Gasteiger partial charge in [-0.05, 0) is 43.0 Å². The van der Waals surface area contributed by atoms with Gasteiger partial charge in [0.1, 0.15) is 6.10 Å². The fraction of sp³-hybridized carbons (Fsp3) is 0.312. The third-order valence-corrected chi connectivity index (χ3v) is 4.12. The standard InChI is InChI=1S/C16H20N2O2S/c1-11-5-6-13(17)10-15(11)18-16(19)12(2)20-8-7-14-4-3-9-21-14/h3-6,9-10,12H,7-8,17H2,1-2H3,(H,18,19). The first-order valence-corrected chi connectivity index (χ1v) is 7.75. The fourth-order valence-electron chi connectivity index (χ4n) is 1.88. The molecule has 0 aliphatic carbocycles. The Bertz CT molecular complexity index is 596. The Morgan fingerprint density at radius 1 is 1.43 bits per heavy atom. The molecule has 1 heterocycles. The lowest BCUT2D eigenvalue weighted by Gasteiger charge is -2.14. The van der Waals surface area contributed by atoms with Gasteiger partial charge in [-0.3, -0.25) is 4.79 Å². The Hall–Kier alpha value is -1.85. The second kappa shape index (κ2) is 7.24. The number of carbonyl (C=O) groups excluding carboxylic acids is 1. The van der Waals surface area contributed by atoms with Gasteiger partial charge in [0.2, 0.25) is 0 Å². The van der Waals surface area contributed by atoms with Gasteiger partial charge in [0.05, 0.1) is 6.61 Å². The van der Waals surface area contributed by atoms with E-state index < -0.39 is 6.10 Å². The predicted molar refractivity (Wildman–Crippen MR) is 87.7 cm³/mol. The number of hydrogen-bond donors (Lipinski definition) is 2. The summed E-state index contributed by atoms with van der Waals surface area (Å²) in [4.78, 5) is 13.4. The summed E-state index contributed by atoms with van der Waals surface area (Å²) in [7, 11) is 0. The molecule has 0 saturated carbocycles. The van der Waals surface area contributed by atoms with E-state index in [-0.39, 0.29) is 5.91 Å². The molecule has 2 aromatic rings. The first kappa shape index (κ1) is 15.5. The zero-order valence-electron chi connectivity index (χ0n) is 12.3. The summed E-state index contributed by atoms with van der Waals surface area (Å²) in [6.45, 7) is 4.22. The molecule has 3 N–H and O–H groups in total. The van der Waals surface area contributed by atoms with Crippen LogP contribution < -0.4 is 11.1 Å². The lowest BCUT2D eigenvalue weighted by molar-refractivity contribution is -0.126. The zero-order chi connectivity index (χ0) is 15.2. The molecule has 112 valence electrons. The quantitative estimate of drug-likeness (QED) is 0.805. The van der Waals surface area contributed by atoms with Crippen LogP contribution in [0.2, 0.25) is 0 Å². The van der Waals surface area contributed by atoms with Crippen molar-refractivity contribution in [3.8, 4) is 0 Å². The molecule has 1 atom stereocenters. The van der Waals surface area contributed by atoms with Crippen LogP contribution in [-0.2, 0) is 16.0 Å². The largest absolute Gasteiger partial charge is 0.399 e. The lowest BCUT2D eigenvalue weighted by Crippen LogP contribution is -2.28. The maximum atomic E-state index is 12.1. The normalized spacial score (nSPS) is 12.1. The van der Waals surface area contributed by atoms with Crippen LogP contribution in [0, 0.1) is 6.92 Å². The van der Waals surface area contributed by atoms with Gasteiger partial charge >= 0.3 is 0 Å². The zero-order valence-corrected chi connectivity index (χ0v) is 13.1. The summed E-state index contributed by atoms with van der Waals surface area (Å²) in [5.41, 5.74) is 8.06. The second-order valence-electron chi connectivity index (χ2n) is 4.91. The molecule has 4 nitrogen and oxygen atoms in total. The minimum Gasteiger partial charge on any atom is -0.399 e. The molecule has 0 aliphatic rings. The van der Waals surface area contributed by atoms with Crippen molar-refractivity contribution < 1.29 is 9.53 Å². The Morgan fingerprint density at radius 3 is 2.95 bits per heavy atom. The van der Waals surface area contributed by atoms with Gasteiger partial charge in [-0.15, -0.1) is 11.3 Å². The van der Waals surface area contributed by atoms with Gasteiger partial charge in [-0.25, -0.2) is 0 Å². The number of nitrogens with two attached hydrogens (primary N) is 1. The molecule has 0 spiro atoms. The van der Waals surface area contributed by atoms with Crippen molar-refractivity contribution >= 4 is 28.6 Å². The highest BCUT2D eigenvalue weighted by atomic mass is 32.1. The minimum absolute atomic E-state index is 0.158. The summed E-state index contributed by atoms with van der Waals surface area (Å²) in [5.74, 6) is -0.158. The number of thiophene rings is 1. The number of rotatable bonds is 6. The third kappa shape index (κ3) is 4.58. The number of hydrogen-bond acceptors (Lipinski definition) is 4. The summed E-state index contributed by atoms with van der Waals surface area (Å²) in [6.07, 6.45) is 0.331. The summed E-state index contributed by atoms with van der Waals surface area (Å²) in [6, 6.07) is 9.53. The monoisotopic (exact) mass is 304 g/mol. The molecule has 1 unspecified atom stereocenters. The van der Waals surface area contributed by atoms with Crippen LogP contribution in [0.15, 0.2) is 35.7 Å². The van der Waals surface area contributed by atoms with E-state index in [0.29, 0.717) is 12.3 Å². The highest BCUT2D eigenvalue weighted by Gasteiger charge is 2.14. The van der Waals surface area contributed by atoms with Gasteiger partial charge in [0.25, 0.3) is 5.91 Å². The molecular weight excluding hydrogens is 284 g/mol. The minimum atomic E-state index is -0.495. The Kier molecular flexibility index (Phi) is 5.36. The first-order valence-electron chi connectivity index (χ1n) is 6.87. The lowest BCUT2D eigenvalue weighted by atomic mass is 10.2. The van der Waals surface area contributed by atoms with Crippen LogP contribution in [-0.4, -0.2) is 18.6 Å². The Labute approximate surface area is 128 Å². The maximum Gasteiger partial charge on any atom is 0.253 e. The molecule has 0 bridgehead atoms. The highest BCUT2D eigenvalue weighted by molar-refractivity contribution is 7.09. The van der Waals surface area contributed by atoms with Crippen LogP contribution in [0.1, 0.15) is 17.4 Å². The average Bonchev–Trinajstić information content (AvgIpc) is 2.96. The predicted octanol–water partition coefficient (Wildman–Crippen LogP) is 3.23. The van der Waals surface area contributed by atoms with E-state index in [1.54, 1.807) is 24.3 Å². The molecule has 2 rings (SSSR count). The number of ether oxygens (including phenoxy) is 1. The number of nitrogen functional groups attached to an aromatic ring is 1. The number of anilines is 2. The molecule has 5 heteroatoms. The summed E-state index contributed by atoms with van der Waals surface area (Å²) >= 11 is 1.69. The van der Waals surface area contributed by atoms with Crippen molar-refractivity contribution in [2.45, 2.75) is 26.4 Å².